The predicted molar refractivity (Wildman–Crippen MR) is 88.2 cm³/mol. The van der Waals surface area contributed by atoms with Gasteiger partial charge >= 0.3 is 6.18 Å². The molecule has 0 atom stereocenters. The Morgan fingerprint density at radius 1 is 1.25 bits per heavy atom. The maximum atomic E-state index is 13.3. The zero-order valence-electron chi connectivity index (χ0n) is 13.9. The van der Waals surface area contributed by atoms with Crippen LogP contribution in [0.15, 0.2) is 6.20 Å². The molecule has 0 radical (unpaired) electrons. The second-order valence-corrected chi connectivity index (χ2v) is 12.5. The Morgan fingerprint density at radius 3 is 2.46 bits per heavy atom. The molecule has 0 saturated carbocycles. The van der Waals surface area contributed by atoms with E-state index in [0.29, 0.717) is 6.61 Å². The lowest BCUT2D eigenvalue weighted by Gasteiger charge is -2.15. The second-order valence-electron chi connectivity index (χ2n) is 6.56. The smallest absolute Gasteiger partial charge is 0.418 e. The Hall–Kier alpha value is -1.32. The Labute approximate surface area is 143 Å². The van der Waals surface area contributed by atoms with Gasteiger partial charge in [-0.3, -0.25) is 0 Å². The molecule has 134 valence electrons. The van der Waals surface area contributed by atoms with E-state index in [9.17, 15) is 13.2 Å². The van der Waals surface area contributed by atoms with Gasteiger partial charge in [0.1, 0.15) is 6.73 Å². The molecule has 0 fully saturated rings. The molecule has 0 bridgehead atoms. The highest BCUT2D eigenvalue weighted by Gasteiger charge is 2.37. The first kappa shape index (κ1) is 19.0. The molecule has 0 aliphatic rings. The number of hydrogen-bond donors (Lipinski definition) is 0. The fourth-order valence-corrected chi connectivity index (χ4v) is 3.04. The normalized spacial score (nSPS) is 12.8. The van der Waals surface area contributed by atoms with Gasteiger partial charge in [0.15, 0.2) is 5.65 Å². The average molecular weight is 382 g/mol. The van der Waals surface area contributed by atoms with Gasteiger partial charge in [-0.05, 0) is 17.6 Å². The van der Waals surface area contributed by atoms with Crippen LogP contribution in [-0.4, -0.2) is 36.3 Å². The predicted octanol–water partition coefficient (Wildman–Crippen LogP) is 4.42. The summed E-state index contributed by atoms with van der Waals surface area (Å²) in [6.07, 6.45) is -3.61. The lowest BCUT2D eigenvalue weighted by Crippen LogP contribution is -2.22. The van der Waals surface area contributed by atoms with E-state index in [1.807, 2.05) is 0 Å². The molecule has 2 rings (SSSR count). The van der Waals surface area contributed by atoms with Crippen LogP contribution in [0, 0.1) is 0 Å². The maximum Gasteiger partial charge on any atom is 0.418 e. The molecule has 0 aliphatic heterocycles. The van der Waals surface area contributed by atoms with Gasteiger partial charge in [0.25, 0.3) is 0 Å². The van der Waals surface area contributed by atoms with Crippen molar-refractivity contribution in [1.82, 2.24) is 14.5 Å². The highest BCUT2D eigenvalue weighted by Crippen LogP contribution is 2.39. The molecule has 2 aromatic heterocycles. The zero-order chi connectivity index (χ0) is 18.1. The van der Waals surface area contributed by atoms with Crippen LogP contribution in [0.25, 0.3) is 11.0 Å². The van der Waals surface area contributed by atoms with Gasteiger partial charge in [-0.1, -0.05) is 19.6 Å². The van der Waals surface area contributed by atoms with E-state index < -0.39 is 19.8 Å². The molecule has 0 N–H and O–H groups in total. The molecule has 0 amide bonds. The van der Waals surface area contributed by atoms with Crippen molar-refractivity contribution < 1.29 is 22.6 Å². The summed E-state index contributed by atoms with van der Waals surface area (Å²) in [5, 5.41) is -0.405. The van der Waals surface area contributed by atoms with E-state index in [-0.39, 0.29) is 28.9 Å². The fourth-order valence-electron chi connectivity index (χ4n) is 2.13. The van der Waals surface area contributed by atoms with Gasteiger partial charge in [0.05, 0.1) is 18.1 Å². The number of alkyl halides is 3. The van der Waals surface area contributed by atoms with Crippen molar-refractivity contribution in [3.05, 3.63) is 17.0 Å². The first-order chi connectivity index (χ1) is 11.0. The van der Waals surface area contributed by atoms with Gasteiger partial charge < -0.3 is 14.0 Å². The summed E-state index contributed by atoms with van der Waals surface area (Å²) in [4.78, 5) is 7.63. The van der Waals surface area contributed by atoms with E-state index in [0.717, 1.165) is 12.2 Å². The summed E-state index contributed by atoms with van der Waals surface area (Å²) < 4.78 is 51.6. The molecular weight excluding hydrogens is 363 g/mol. The first-order valence-electron chi connectivity index (χ1n) is 7.28. The summed E-state index contributed by atoms with van der Waals surface area (Å²) in [7, 11) is -0.0423. The summed E-state index contributed by atoms with van der Waals surface area (Å²) >= 11 is 5.79. The molecule has 10 heteroatoms. The fraction of sp³-hybridized carbons (Fsp3) is 0.571. The van der Waals surface area contributed by atoms with Gasteiger partial charge in [-0.25, -0.2) is 0 Å². The largest absolute Gasteiger partial charge is 0.480 e. The van der Waals surface area contributed by atoms with Gasteiger partial charge in [0.2, 0.25) is 11.2 Å². The average Bonchev–Trinajstić information content (AvgIpc) is 2.80. The van der Waals surface area contributed by atoms with Crippen LogP contribution >= 0.6 is 11.6 Å². The van der Waals surface area contributed by atoms with Crippen molar-refractivity contribution >= 4 is 30.7 Å². The first-order valence-corrected chi connectivity index (χ1v) is 11.4. The van der Waals surface area contributed by atoms with Crippen molar-refractivity contribution in [2.24, 2.45) is 0 Å². The van der Waals surface area contributed by atoms with Crippen LogP contribution in [-0.2, 0) is 17.6 Å². The van der Waals surface area contributed by atoms with Gasteiger partial charge in [0, 0.05) is 20.9 Å². The highest BCUT2D eigenvalue weighted by molar-refractivity contribution is 6.76. The summed E-state index contributed by atoms with van der Waals surface area (Å²) in [6, 6.07) is 0.914. The third-order valence-corrected chi connectivity index (χ3v) is 5.25. The van der Waals surface area contributed by atoms with E-state index in [2.05, 4.69) is 29.6 Å². The van der Waals surface area contributed by atoms with Crippen molar-refractivity contribution in [2.75, 3.05) is 13.7 Å². The number of ether oxygens (including phenoxy) is 2. The molecule has 2 aromatic rings. The van der Waals surface area contributed by atoms with Crippen LogP contribution in [0.5, 0.6) is 5.88 Å². The maximum absolute atomic E-state index is 13.3. The number of nitrogens with zero attached hydrogens (tertiary/aromatic N) is 3. The number of halogens is 4. The topological polar surface area (TPSA) is 49.2 Å². The van der Waals surface area contributed by atoms with E-state index in [1.54, 1.807) is 0 Å². The Morgan fingerprint density at radius 2 is 1.92 bits per heavy atom. The molecule has 0 aliphatic carbocycles. The highest BCUT2D eigenvalue weighted by atomic mass is 35.5. The minimum absolute atomic E-state index is 0.0344. The lowest BCUT2D eigenvalue weighted by atomic mass is 10.2. The van der Waals surface area contributed by atoms with Crippen molar-refractivity contribution in [1.29, 1.82) is 0 Å². The third kappa shape index (κ3) is 4.40. The summed E-state index contributed by atoms with van der Waals surface area (Å²) in [5.41, 5.74) is -0.841. The molecule has 0 spiro atoms. The third-order valence-electron chi connectivity index (χ3n) is 3.38. The summed E-state index contributed by atoms with van der Waals surface area (Å²) in [6.45, 7) is 7.02. The standard InChI is InChI=1S/C14H19ClF3N3O2Si/c1-22-12-10-9(14(16,17)18)7-21(11(10)19-13(15)20-12)8-23-5-6-24(2,3)4/h7H,5-6,8H2,1-4H3. The molecule has 0 aromatic carbocycles. The number of methoxy groups -OCH3 is 1. The molecule has 0 saturated heterocycles. The van der Waals surface area contributed by atoms with E-state index in [4.69, 9.17) is 21.1 Å². The van der Waals surface area contributed by atoms with Crippen molar-refractivity contribution in [3.63, 3.8) is 0 Å². The number of rotatable bonds is 6. The van der Waals surface area contributed by atoms with Crippen molar-refractivity contribution in [2.45, 2.75) is 38.6 Å². The SMILES string of the molecule is COc1nc(Cl)nc2c1c(C(F)(F)F)cn2COCC[Si](C)(C)C. The zero-order valence-corrected chi connectivity index (χ0v) is 15.6. The van der Waals surface area contributed by atoms with Crippen molar-refractivity contribution in [3.8, 4) is 5.88 Å². The van der Waals surface area contributed by atoms with Gasteiger partial charge in [-0.15, -0.1) is 0 Å². The minimum atomic E-state index is -4.56. The van der Waals surface area contributed by atoms with Crippen LogP contribution < -0.4 is 4.74 Å². The van der Waals surface area contributed by atoms with E-state index >= 15 is 0 Å². The van der Waals surface area contributed by atoms with Crippen LogP contribution in [0.2, 0.25) is 31.0 Å². The number of fused-ring (bicyclic) bond motifs is 1. The molecular formula is C14H19ClF3N3O2Si. The Kier molecular flexibility index (Phi) is 5.46. The Bertz CT molecular complexity index is 729. The second kappa shape index (κ2) is 6.89. The summed E-state index contributed by atoms with van der Waals surface area (Å²) in [5.74, 6) is -0.210. The molecule has 0 unspecified atom stereocenters. The van der Waals surface area contributed by atoms with Crippen LogP contribution in [0.4, 0.5) is 13.2 Å². The monoisotopic (exact) mass is 381 g/mol. The molecule has 24 heavy (non-hydrogen) atoms. The van der Waals surface area contributed by atoms with E-state index in [1.165, 1.54) is 11.7 Å². The number of hydrogen-bond acceptors (Lipinski definition) is 4. The quantitative estimate of drug-likeness (QED) is 0.422. The number of aromatic nitrogens is 3. The van der Waals surface area contributed by atoms with Crippen LogP contribution in [0.3, 0.4) is 0 Å². The lowest BCUT2D eigenvalue weighted by molar-refractivity contribution is -0.136. The Balaban J connectivity index is 2.38. The van der Waals surface area contributed by atoms with Crippen LogP contribution in [0.1, 0.15) is 5.56 Å². The molecule has 5 nitrogen and oxygen atoms in total. The minimum Gasteiger partial charge on any atom is -0.480 e. The molecule has 2 heterocycles. The van der Waals surface area contributed by atoms with Gasteiger partial charge in [-0.2, -0.15) is 23.1 Å².